The molecule has 24 heavy (non-hydrogen) atoms. The van der Waals surface area contributed by atoms with Crippen LogP contribution in [0.3, 0.4) is 0 Å². The van der Waals surface area contributed by atoms with E-state index < -0.39 is 0 Å². The maximum absolute atomic E-state index is 10.6. The van der Waals surface area contributed by atoms with Gasteiger partial charge in [-0.05, 0) is 54.2 Å². The van der Waals surface area contributed by atoms with Crippen LogP contribution in [0.15, 0.2) is 18.2 Å². The Balaban J connectivity index is 1.99. The first-order valence-corrected chi connectivity index (χ1v) is 9.95. The fraction of sp³-hybridized carbons (Fsp3) is 0.727. The highest BCUT2D eigenvalue weighted by atomic mass is 16.3. The van der Waals surface area contributed by atoms with Crippen molar-refractivity contribution in [2.75, 3.05) is 0 Å². The second-order valence-electron chi connectivity index (χ2n) is 8.34. The summed E-state index contributed by atoms with van der Waals surface area (Å²) in [5, 5.41) is 20.4. The molecule has 2 atom stereocenters. The van der Waals surface area contributed by atoms with Crippen molar-refractivity contribution in [2.24, 2.45) is 0 Å². The van der Waals surface area contributed by atoms with E-state index in [0.29, 0.717) is 11.7 Å². The number of hydrogen-bond acceptors (Lipinski definition) is 2. The van der Waals surface area contributed by atoms with Crippen LogP contribution in [-0.2, 0) is 5.41 Å². The van der Waals surface area contributed by atoms with Crippen molar-refractivity contribution < 1.29 is 10.2 Å². The summed E-state index contributed by atoms with van der Waals surface area (Å²) in [7, 11) is 0. The fourth-order valence-corrected chi connectivity index (χ4v) is 4.07. The van der Waals surface area contributed by atoms with E-state index in [-0.39, 0.29) is 11.5 Å². The normalized spacial score (nSPS) is 21.8. The molecule has 0 radical (unpaired) electrons. The van der Waals surface area contributed by atoms with Gasteiger partial charge in [-0.15, -0.1) is 0 Å². The molecule has 0 aromatic heterocycles. The smallest absolute Gasteiger partial charge is 0.119 e. The average Bonchev–Trinajstić information content (AvgIpc) is 2.54. The van der Waals surface area contributed by atoms with Crippen LogP contribution >= 0.6 is 0 Å². The van der Waals surface area contributed by atoms with Crippen molar-refractivity contribution in [1.82, 2.24) is 0 Å². The van der Waals surface area contributed by atoms with Gasteiger partial charge in [-0.2, -0.15) is 0 Å². The largest absolute Gasteiger partial charge is 0.508 e. The van der Waals surface area contributed by atoms with Crippen molar-refractivity contribution in [3.8, 4) is 5.75 Å². The minimum Gasteiger partial charge on any atom is -0.508 e. The van der Waals surface area contributed by atoms with E-state index in [1.807, 2.05) is 6.07 Å². The SMILES string of the molecule is CCCCCCCC(C)(C)c1ccc([C@@H]2CCC[C@H](O)C2)c(O)c1. The minimum atomic E-state index is -0.206. The first-order valence-electron chi connectivity index (χ1n) is 9.95. The number of aromatic hydroxyl groups is 1. The van der Waals surface area contributed by atoms with Gasteiger partial charge in [0.15, 0.2) is 0 Å². The average molecular weight is 333 g/mol. The van der Waals surface area contributed by atoms with Gasteiger partial charge in [0.1, 0.15) is 5.75 Å². The van der Waals surface area contributed by atoms with E-state index in [9.17, 15) is 10.2 Å². The number of rotatable bonds is 8. The Morgan fingerprint density at radius 2 is 1.83 bits per heavy atom. The van der Waals surface area contributed by atoms with Crippen LogP contribution in [0.4, 0.5) is 0 Å². The van der Waals surface area contributed by atoms with Crippen molar-refractivity contribution in [1.29, 1.82) is 0 Å². The number of phenolic OH excluding ortho intramolecular Hbond substituents is 1. The first kappa shape index (κ1) is 19.3. The lowest BCUT2D eigenvalue weighted by Crippen LogP contribution is -2.19. The van der Waals surface area contributed by atoms with E-state index >= 15 is 0 Å². The zero-order valence-electron chi connectivity index (χ0n) is 15.9. The van der Waals surface area contributed by atoms with Gasteiger partial charge in [0.2, 0.25) is 0 Å². The minimum absolute atomic E-state index is 0.105. The summed E-state index contributed by atoms with van der Waals surface area (Å²) in [5.41, 5.74) is 2.36. The van der Waals surface area contributed by atoms with Crippen molar-refractivity contribution >= 4 is 0 Å². The molecule has 0 heterocycles. The third-order valence-corrected chi connectivity index (χ3v) is 5.80. The quantitative estimate of drug-likeness (QED) is 0.569. The molecule has 1 aliphatic rings. The number of aliphatic hydroxyl groups excluding tert-OH is 1. The van der Waals surface area contributed by atoms with Gasteiger partial charge in [-0.25, -0.2) is 0 Å². The van der Waals surface area contributed by atoms with E-state index in [1.165, 1.54) is 37.7 Å². The molecule has 2 N–H and O–H groups in total. The van der Waals surface area contributed by atoms with Crippen LogP contribution in [0.2, 0.25) is 0 Å². The van der Waals surface area contributed by atoms with Gasteiger partial charge in [0.05, 0.1) is 6.10 Å². The summed E-state index contributed by atoms with van der Waals surface area (Å²) < 4.78 is 0. The molecule has 0 unspecified atom stereocenters. The fourth-order valence-electron chi connectivity index (χ4n) is 4.07. The van der Waals surface area contributed by atoms with Gasteiger partial charge in [-0.3, -0.25) is 0 Å². The predicted octanol–water partition coefficient (Wildman–Crippen LogP) is 6.05. The molecule has 2 nitrogen and oxygen atoms in total. The van der Waals surface area contributed by atoms with E-state index in [4.69, 9.17) is 0 Å². The molecule has 2 heteroatoms. The predicted molar refractivity (Wildman–Crippen MR) is 102 cm³/mol. The van der Waals surface area contributed by atoms with E-state index in [1.54, 1.807) is 0 Å². The van der Waals surface area contributed by atoms with Crippen molar-refractivity contribution in [3.05, 3.63) is 29.3 Å². The topological polar surface area (TPSA) is 40.5 Å². The second-order valence-corrected chi connectivity index (χ2v) is 8.34. The zero-order valence-corrected chi connectivity index (χ0v) is 15.9. The van der Waals surface area contributed by atoms with Gasteiger partial charge >= 0.3 is 0 Å². The summed E-state index contributed by atoms with van der Waals surface area (Å²) in [6, 6.07) is 6.27. The molecule has 0 bridgehead atoms. The number of phenols is 1. The molecular formula is C22H36O2. The first-order chi connectivity index (χ1) is 11.4. The number of aliphatic hydroxyl groups is 1. The van der Waals surface area contributed by atoms with Crippen LogP contribution in [0.1, 0.15) is 102 Å². The third kappa shape index (κ3) is 5.24. The third-order valence-electron chi connectivity index (χ3n) is 5.80. The monoisotopic (exact) mass is 332 g/mol. The Kier molecular flexibility index (Phi) is 7.16. The molecule has 1 saturated carbocycles. The zero-order chi connectivity index (χ0) is 17.6. The highest BCUT2D eigenvalue weighted by molar-refractivity contribution is 5.41. The molecule has 0 spiro atoms. The Morgan fingerprint density at radius 3 is 2.50 bits per heavy atom. The standard InChI is InChI=1S/C22H36O2/c1-4-5-6-7-8-14-22(2,3)18-12-13-20(21(24)16-18)17-10-9-11-19(23)15-17/h12-13,16-17,19,23-24H,4-11,14-15H2,1-3H3/t17-,19+/m1/s1. The lowest BCUT2D eigenvalue weighted by atomic mass is 9.77. The Hall–Kier alpha value is -1.02. The summed E-state index contributed by atoms with van der Waals surface area (Å²) in [4.78, 5) is 0. The molecule has 1 fully saturated rings. The lowest BCUT2D eigenvalue weighted by Gasteiger charge is -2.29. The van der Waals surface area contributed by atoms with Gasteiger partial charge in [0.25, 0.3) is 0 Å². The molecular weight excluding hydrogens is 296 g/mol. The van der Waals surface area contributed by atoms with Gasteiger partial charge in [0, 0.05) is 0 Å². The van der Waals surface area contributed by atoms with E-state index in [2.05, 4.69) is 32.9 Å². The molecule has 0 amide bonds. The molecule has 136 valence electrons. The summed E-state index contributed by atoms with van der Waals surface area (Å²) in [6.07, 6.45) is 11.3. The highest BCUT2D eigenvalue weighted by Gasteiger charge is 2.26. The molecule has 2 rings (SSSR count). The Bertz CT molecular complexity index is 507. The van der Waals surface area contributed by atoms with Gasteiger partial charge < -0.3 is 10.2 Å². The van der Waals surface area contributed by atoms with Crippen LogP contribution < -0.4 is 0 Å². The van der Waals surface area contributed by atoms with Crippen LogP contribution in [0.25, 0.3) is 0 Å². The summed E-state index contributed by atoms with van der Waals surface area (Å²) >= 11 is 0. The summed E-state index contributed by atoms with van der Waals surface area (Å²) in [6.45, 7) is 6.82. The van der Waals surface area contributed by atoms with Crippen LogP contribution in [-0.4, -0.2) is 16.3 Å². The van der Waals surface area contributed by atoms with Crippen LogP contribution in [0, 0.1) is 0 Å². The molecule has 1 aromatic carbocycles. The molecule has 0 aliphatic heterocycles. The molecule has 0 saturated heterocycles. The molecule has 1 aromatic rings. The maximum atomic E-state index is 10.6. The lowest BCUT2D eigenvalue weighted by molar-refractivity contribution is 0.119. The number of hydrogen-bond donors (Lipinski definition) is 2. The molecule has 1 aliphatic carbocycles. The second kappa shape index (κ2) is 8.89. The van der Waals surface area contributed by atoms with E-state index in [0.717, 1.165) is 37.7 Å². The van der Waals surface area contributed by atoms with Crippen molar-refractivity contribution in [3.63, 3.8) is 0 Å². The Labute approximate surface area is 148 Å². The number of benzene rings is 1. The summed E-state index contributed by atoms with van der Waals surface area (Å²) in [5.74, 6) is 0.727. The number of unbranched alkanes of at least 4 members (excludes halogenated alkanes) is 4. The Morgan fingerprint density at radius 1 is 1.08 bits per heavy atom. The van der Waals surface area contributed by atoms with Crippen LogP contribution in [0.5, 0.6) is 5.75 Å². The van der Waals surface area contributed by atoms with Crippen molar-refractivity contribution in [2.45, 2.75) is 102 Å². The highest BCUT2D eigenvalue weighted by Crippen LogP contribution is 2.40. The maximum Gasteiger partial charge on any atom is 0.119 e. The van der Waals surface area contributed by atoms with Gasteiger partial charge in [-0.1, -0.05) is 71.4 Å².